The van der Waals surface area contributed by atoms with Crippen LogP contribution in [0.1, 0.15) is 29.5 Å². The molecule has 1 fully saturated rings. The molecule has 80 valence electrons. The molecule has 1 aromatic rings. The second-order valence-electron chi connectivity index (χ2n) is 4.45. The summed E-state index contributed by atoms with van der Waals surface area (Å²) in [7, 11) is 0. The highest BCUT2D eigenvalue weighted by molar-refractivity contribution is 5.83. The number of hydrogen-bond acceptors (Lipinski definition) is 1. The SMILES string of the molecule is Cc1ccc(CC(N)=NC2CC2)cc1C. The summed E-state index contributed by atoms with van der Waals surface area (Å²) in [5.41, 5.74) is 9.80. The van der Waals surface area contributed by atoms with Crippen LogP contribution in [0, 0.1) is 13.8 Å². The van der Waals surface area contributed by atoms with E-state index >= 15 is 0 Å². The number of benzene rings is 1. The molecule has 2 rings (SSSR count). The van der Waals surface area contributed by atoms with E-state index < -0.39 is 0 Å². The minimum absolute atomic E-state index is 0.525. The van der Waals surface area contributed by atoms with Crippen molar-refractivity contribution in [3.8, 4) is 0 Å². The van der Waals surface area contributed by atoms with Gasteiger partial charge in [0.15, 0.2) is 0 Å². The Bertz CT molecular complexity index is 390. The van der Waals surface area contributed by atoms with Gasteiger partial charge in [-0.2, -0.15) is 0 Å². The molecule has 15 heavy (non-hydrogen) atoms. The van der Waals surface area contributed by atoms with Gasteiger partial charge in [0.25, 0.3) is 0 Å². The molecule has 1 saturated carbocycles. The van der Waals surface area contributed by atoms with Gasteiger partial charge in [0.05, 0.1) is 11.9 Å². The summed E-state index contributed by atoms with van der Waals surface area (Å²) in [6.07, 6.45) is 3.22. The number of aliphatic imine (C=N–C) groups is 1. The van der Waals surface area contributed by atoms with Gasteiger partial charge < -0.3 is 5.73 Å². The van der Waals surface area contributed by atoms with E-state index in [2.05, 4.69) is 37.0 Å². The zero-order valence-electron chi connectivity index (χ0n) is 9.46. The third-order valence-electron chi connectivity index (χ3n) is 2.85. The van der Waals surface area contributed by atoms with Gasteiger partial charge in [-0.3, -0.25) is 4.99 Å². The smallest absolute Gasteiger partial charge is 0.0984 e. The fourth-order valence-corrected chi connectivity index (χ4v) is 1.61. The second kappa shape index (κ2) is 4.05. The predicted octanol–water partition coefficient (Wildman–Crippen LogP) is 2.37. The summed E-state index contributed by atoms with van der Waals surface area (Å²) in [5, 5.41) is 0. The summed E-state index contributed by atoms with van der Waals surface area (Å²) in [4.78, 5) is 4.43. The van der Waals surface area contributed by atoms with Crippen LogP contribution in [0.5, 0.6) is 0 Å². The molecule has 0 heterocycles. The number of nitrogens with two attached hydrogens (primary N) is 1. The molecule has 0 unspecified atom stereocenters. The maximum atomic E-state index is 5.88. The first-order valence-corrected chi connectivity index (χ1v) is 5.53. The largest absolute Gasteiger partial charge is 0.387 e. The topological polar surface area (TPSA) is 38.4 Å². The highest BCUT2D eigenvalue weighted by atomic mass is 14.9. The molecule has 0 aromatic heterocycles. The highest BCUT2D eigenvalue weighted by Crippen LogP contribution is 2.23. The predicted molar refractivity (Wildman–Crippen MR) is 64.3 cm³/mol. The molecule has 0 amide bonds. The van der Waals surface area contributed by atoms with Crippen molar-refractivity contribution in [3.63, 3.8) is 0 Å². The third-order valence-corrected chi connectivity index (χ3v) is 2.85. The van der Waals surface area contributed by atoms with E-state index in [9.17, 15) is 0 Å². The van der Waals surface area contributed by atoms with E-state index in [1.807, 2.05) is 0 Å². The van der Waals surface area contributed by atoms with Crippen LogP contribution in [-0.4, -0.2) is 11.9 Å². The van der Waals surface area contributed by atoms with Crippen molar-refractivity contribution in [3.05, 3.63) is 34.9 Å². The van der Waals surface area contributed by atoms with Gasteiger partial charge in [-0.1, -0.05) is 18.2 Å². The lowest BCUT2D eigenvalue weighted by molar-refractivity contribution is 1.04. The van der Waals surface area contributed by atoms with Crippen LogP contribution in [0.3, 0.4) is 0 Å². The second-order valence-corrected chi connectivity index (χ2v) is 4.45. The van der Waals surface area contributed by atoms with E-state index in [0.29, 0.717) is 6.04 Å². The van der Waals surface area contributed by atoms with E-state index in [-0.39, 0.29) is 0 Å². The van der Waals surface area contributed by atoms with E-state index in [0.717, 1.165) is 12.3 Å². The van der Waals surface area contributed by atoms with Crippen LogP contribution in [-0.2, 0) is 6.42 Å². The Kier molecular flexibility index (Phi) is 2.76. The number of hydrogen-bond donors (Lipinski definition) is 1. The van der Waals surface area contributed by atoms with Crippen molar-refractivity contribution >= 4 is 5.84 Å². The summed E-state index contributed by atoms with van der Waals surface area (Å²) in [6, 6.07) is 7.01. The number of amidine groups is 1. The molecule has 1 aliphatic rings. The molecule has 0 saturated heterocycles. The van der Waals surface area contributed by atoms with Gasteiger partial charge in [-0.25, -0.2) is 0 Å². The van der Waals surface area contributed by atoms with Crippen LogP contribution in [0.15, 0.2) is 23.2 Å². The van der Waals surface area contributed by atoms with Gasteiger partial charge >= 0.3 is 0 Å². The number of aryl methyl sites for hydroxylation is 2. The van der Waals surface area contributed by atoms with Crippen LogP contribution >= 0.6 is 0 Å². The standard InChI is InChI=1S/C13H18N2/c1-9-3-4-11(7-10(9)2)8-13(14)15-12-5-6-12/h3-4,7,12H,5-6,8H2,1-2H3,(H2,14,15). The lowest BCUT2D eigenvalue weighted by Gasteiger charge is -2.05. The minimum atomic E-state index is 0.525. The van der Waals surface area contributed by atoms with Crippen molar-refractivity contribution in [2.24, 2.45) is 10.7 Å². The maximum Gasteiger partial charge on any atom is 0.0984 e. The van der Waals surface area contributed by atoms with Crippen LogP contribution < -0.4 is 5.73 Å². The lowest BCUT2D eigenvalue weighted by atomic mass is 10.0. The molecule has 0 bridgehead atoms. The van der Waals surface area contributed by atoms with Gasteiger partial charge in [0, 0.05) is 6.42 Å². The summed E-state index contributed by atoms with van der Waals surface area (Å²) >= 11 is 0. The first-order chi connectivity index (χ1) is 7.15. The Labute approximate surface area is 91.2 Å². The van der Waals surface area contributed by atoms with Gasteiger partial charge in [-0.05, 0) is 43.4 Å². The Balaban J connectivity index is 2.06. The minimum Gasteiger partial charge on any atom is -0.387 e. The molecule has 0 spiro atoms. The van der Waals surface area contributed by atoms with Crippen molar-refractivity contribution in [1.82, 2.24) is 0 Å². The average Bonchev–Trinajstić information content (AvgIpc) is 2.95. The monoisotopic (exact) mass is 202 g/mol. The van der Waals surface area contributed by atoms with Crippen molar-refractivity contribution < 1.29 is 0 Å². The third kappa shape index (κ3) is 2.82. The van der Waals surface area contributed by atoms with Crippen molar-refractivity contribution in [2.45, 2.75) is 39.2 Å². The van der Waals surface area contributed by atoms with Gasteiger partial charge in [-0.15, -0.1) is 0 Å². The maximum absolute atomic E-state index is 5.88. The van der Waals surface area contributed by atoms with Crippen LogP contribution in [0.2, 0.25) is 0 Å². The molecule has 0 aliphatic heterocycles. The Morgan fingerprint density at radius 3 is 2.67 bits per heavy atom. The number of rotatable bonds is 3. The van der Waals surface area contributed by atoms with Crippen LogP contribution in [0.4, 0.5) is 0 Å². The average molecular weight is 202 g/mol. The zero-order chi connectivity index (χ0) is 10.8. The normalized spacial score (nSPS) is 16.8. The molecular formula is C13H18N2. The molecule has 0 radical (unpaired) electrons. The summed E-state index contributed by atoms with van der Waals surface area (Å²) < 4.78 is 0. The first-order valence-electron chi connectivity index (χ1n) is 5.53. The lowest BCUT2D eigenvalue weighted by Crippen LogP contribution is -2.15. The fraction of sp³-hybridized carbons (Fsp3) is 0.462. The molecule has 1 aliphatic carbocycles. The van der Waals surface area contributed by atoms with Crippen molar-refractivity contribution in [1.29, 1.82) is 0 Å². The van der Waals surface area contributed by atoms with E-state index in [4.69, 9.17) is 5.73 Å². The highest BCUT2D eigenvalue weighted by Gasteiger charge is 2.20. The van der Waals surface area contributed by atoms with E-state index in [1.54, 1.807) is 0 Å². The molecular weight excluding hydrogens is 184 g/mol. The fourth-order valence-electron chi connectivity index (χ4n) is 1.61. The van der Waals surface area contributed by atoms with Crippen molar-refractivity contribution in [2.75, 3.05) is 0 Å². The summed E-state index contributed by atoms with van der Waals surface area (Å²) in [5.74, 6) is 0.778. The van der Waals surface area contributed by atoms with Gasteiger partial charge in [0.1, 0.15) is 0 Å². The molecule has 2 nitrogen and oxygen atoms in total. The zero-order valence-corrected chi connectivity index (χ0v) is 9.46. The van der Waals surface area contributed by atoms with E-state index in [1.165, 1.54) is 29.5 Å². The molecule has 2 heteroatoms. The first kappa shape index (κ1) is 10.2. The number of nitrogens with zero attached hydrogens (tertiary/aromatic N) is 1. The Hall–Kier alpha value is -1.31. The Morgan fingerprint density at radius 1 is 1.33 bits per heavy atom. The molecule has 2 N–H and O–H groups in total. The molecule has 0 atom stereocenters. The Morgan fingerprint density at radius 2 is 2.07 bits per heavy atom. The summed E-state index contributed by atoms with van der Waals surface area (Å²) in [6.45, 7) is 4.26. The quantitative estimate of drug-likeness (QED) is 0.593. The van der Waals surface area contributed by atoms with Crippen LogP contribution in [0.25, 0.3) is 0 Å². The van der Waals surface area contributed by atoms with Gasteiger partial charge in [0.2, 0.25) is 0 Å². The molecule has 1 aromatic carbocycles.